The average Bonchev–Trinajstić information content (AvgIpc) is 1.54. The minimum Gasteiger partial charge on any atom is -0.760 e. The van der Waals surface area contributed by atoms with Crippen LogP contribution in [-0.4, -0.2) is 43.6 Å². The molecule has 0 saturated heterocycles. The predicted octanol–water partition coefficient (Wildman–Crippen LogP) is -0.323. The number of hydrogen-bond acceptors (Lipinski definition) is 6. The van der Waals surface area contributed by atoms with Crippen LogP contribution in [0.3, 0.4) is 0 Å². The van der Waals surface area contributed by atoms with Gasteiger partial charge in [-0.25, -0.2) is 0 Å². The molecule has 0 N–H and O–H groups in total. The van der Waals surface area contributed by atoms with Crippen LogP contribution in [0.4, 0.5) is 0 Å². The minimum atomic E-state index is -2.39. The quantitative estimate of drug-likeness (QED) is 0.342. The fourth-order valence-electron chi connectivity index (χ4n) is 0. The molecule has 0 fully saturated rings. The molecule has 0 aliphatic heterocycles. The third-order valence-corrected chi connectivity index (χ3v) is 0. The van der Waals surface area contributed by atoms with Gasteiger partial charge in [-0.3, -0.25) is 12.6 Å². The first-order chi connectivity index (χ1) is 5.20. The van der Waals surface area contributed by atoms with Gasteiger partial charge in [0.15, 0.2) is 0 Å². The molecule has 0 saturated carbocycles. The van der Waals surface area contributed by atoms with E-state index in [1.807, 2.05) is 0 Å². The fraction of sp³-hybridized carbons (Fsp3) is 0. The summed E-state index contributed by atoms with van der Waals surface area (Å²) in [7, 11) is 5.41. The minimum absolute atomic E-state index is 0. The molecule has 0 bridgehead atoms. The van der Waals surface area contributed by atoms with Gasteiger partial charge in [-0.05, 0) is 32.0 Å². The summed E-state index contributed by atoms with van der Waals surface area (Å²) in [4.78, 5) is 0. The van der Waals surface area contributed by atoms with Crippen molar-refractivity contribution in [2.75, 3.05) is 0 Å². The van der Waals surface area contributed by atoms with Crippen molar-refractivity contribution in [3.63, 3.8) is 0 Å². The van der Waals surface area contributed by atoms with Crippen LogP contribution in [0.5, 0.6) is 0 Å². The van der Waals surface area contributed by atoms with Crippen molar-refractivity contribution in [1.29, 1.82) is 0 Å². The van der Waals surface area contributed by atoms with E-state index in [4.69, 9.17) is 26.3 Å². The first-order valence-electron chi connectivity index (χ1n) is 1.46. The number of halogens is 3. The summed E-state index contributed by atoms with van der Waals surface area (Å²) in [6.45, 7) is 0. The second kappa shape index (κ2) is 19.3. The van der Waals surface area contributed by atoms with E-state index in [0.29, 0.717) is 0 Å². The molecule has 0 heterocycles. The Balaban J connectivity index is -0.0000000450. The second-order valence-electron chi connectivity index (χ2n) is 0.582. The predicted molar refractivity (Wildman–Crippen MR) is 50.1 cm³/mol. The monoisotopic (exact) mass is 324 g/mol. The molecule has 3 atom stereocenters. The van der Waals surface area contributed by atoms with Crippen LogP contribution in [-0.2, 0) is 30.9 Å². The zero-order valence-electron chi connectivity index (χ0n) is 5.39. The Hall–Kier alpha value is 1.73. The Labute approximate surface area is 106 Å². The van der Waals surface area contributed by atoms with Gasteiger partial charge in [0.05, 0.1) is 0 Å². The SMILES string of the molecule is O=S([O-])Cl.O=S([O-])Cl.O=S([O-])Cl.[Al+3]. The zero-order chi connectivity index (χ0) is 10.7. The van der Waals surface area contributed by atoms with Crippen LogP contribution in [0.15, 0.2) is 0 Å². The summed E-state index contributed by atoms with van der Waals surface area (Å²) in [5.74, 6) is 0. The van der Waals surface area contributed by atoms with E-state index < -0.39 is 30.9 Å². The van der Waals surface area contributed by atoms with Crippen LogP contribution >= 0.6 is 32.0 Å². The van der Waals surface area contributed by atoms with Crippen molar-refractivity contribution < 1.29 is 26.3 Å². The van der Waals surface area contributed by atoms with Crippen molar-refractivity contribution in [3.05, 3.63) is 0 Å². The van der Waals surface area contributed by atoms with Crippen LogP contribution in [0, 0.1) is 0 Å². The summed E-state index contributed by atoms with van der Waals surface area (Å²) in [5, 5.41) is 0. The van der Waals surface area contributed by atoms with Crippen LogP contribution in [0.1, 0.15) is 0 Å². The van der Waals surface area contributed by atoms with Gasteiger partial charge >= 0.3 is 17.4 Å². The Bertz CT molecular complexity index is 121. The van der Waals surface area contributed by atoms with E-state index in [1.165, 1.54) is 0 Å². The van der Waals surface area contributed by atoms with Gasteiger partial charge in [0.1, 0.15) is 0 Å². The number of rotatable bonds is 0. The average molecular weight is 326 g/mol. The molecule has 0 aromatic rings. The molecule has 0 aromatic carbocycles. The van der Waals surface area contributed by atoms with Crippen molar-refractivity contribution in [1.82, 2.24) is 0 Å². The van der Waals surface area contributed by atoms with E-state index >= 15 is 0 Å². The van der Waals surface area contributed by atoms with Gasteiger partial charge in [0, 0.05) is 30.9 Å². The number of hydrogen-bond donors (Lipinski definition) is 0. The Morgan fingerprint density at radius 1 is 0.692 bits per heavy atom. The topological polar surface area (TPSA) is 120 Å². The maximum Gasteiger partial charge on any atom is 3.00 e. The van der Waals surface area contributed by atoms with Crippen molar-refractivity contribution in [3.8, 4) is 0 Å². The third-order valence-electron chi connectivity index (χ3n) is 0. The van der Waals surface area contributed by atoms with Gasteiger partial charge in [-0.1, -0.05) is 0 Å². The van der Waals surface area contributed by atoms with Crippen molar-refractivity contribution in [2.45, 2.75) is 0 Å². The summed E-state index contributed by atoms with van der Waals surface area (Å²) in [6.07, 6.45) is 0. The van der Waals surface area contributed by atoms with E-state index in [0.717, 1.165) is 0 Å². The molecule has 13 heavy (non-hydrogen) atoms. The molecule has 0 rings (SSSR count). The molecule has 0 aromatic heterocycles. The molecule has 0 radical (unpaired) electrons. The van der Waals surface area contributed by atoms with Gasteiger partial charge < -0.3 is 13.7 Å². The molecule has 13 heteroatoms. The molecule has 0 spiro atoms. The molecule has 0 aliphatic rings. The van der Waals surface area contributed by atoms with E-state index in [-0.39, 0.29) is 17.4 Å². The summed E-state index contributed by atoms with van der Waals surface area (Å²) >= 11 is 0. The van der Waals surface area contributed by atoms with Crippen LogP contribution < -0.4 is 0 Å². The van der Waals surface area contributed by atoms with Crippen LogP contribution in [0.2, 0.25) is 0 Å². The normalized spacial score (nSPS) is 14.3. The molecule has 0 amide bonds. The standard InChI is InChI=1S/Al.3ClHO2S/c;3*1-4(2)3/h;3*(H,2,3)/q+3;;;/p-3. The molecular weight excluding hydrogens is 326 g/mol. The molecule has 0 aliphatic carbocycles. The van der Waals surface area contributed by atoms with Crippen LogP contribution in [0.25, 0.3) is 0 Å². The van der Waals surface area contributed by atoms with Gasteiger partial charge in [0.25, 0.3) is 0 Å². The van der Waals surface area contributed by atoms with E-state index in [2.05, 4.69) is 32.0 Å². The maximum absolute atomic E-state index is 8.77. The Morgan fingerprint density at radius 3 is 0.692 bits per heavy atom. The van der Waals surface area contributed by atoms with E-state index in [9.17, 15) is 0 Å². The first kappa shape index (κ1) is 24.1. The summed E-state index contributed by atoms with van der Waals surface area (Å²) in [5.41, 5.74) is 0. The molecule has 78 valence electrons. The largest absolute Gasteiger partial charge is 3.00 e. The van der Waals surface area contributed by atoms with E-state index in [1.54, 1.807) is 0 Å². The summed E-state index contributed by atoms with van der Waals surface area (Å²) < 4.78 is 52.6. The zero-order valence-corrected chi connectivity index (χ0v) is 11.3. The Morgan fingerprint density at radius 2 is 0.692 bits per heavy atom. The summed E-state index contributed by atoms with van der Waals surface area (Å²) in [6, 6.07) is 0. The molecular formula is AlCl3O6S3. The second-order valence-corrected chi connectivity index (χ2v) is 4.01. The Kier molecular flexibility index (Phi) is 35.9. The third kappa shape index (κ3) is 630. The molecule has 3 unspecified atom stereocenters. The smallest absolute Gasteiger partial charge is 0.760 e. The van der Waals surface area contributed by atoms with Crippen molar-refractivity contribution in [2.24, 2.45) is 0 Å². The van der Waals surface area contributed by atoms with Crippen molar-refractivity contribution >= 4 is 80.3 Å². The van der Waals surface area contributed by atoms with Gasteiger partial charge in [-0.15, -0.1) is 0 Å². The molecule has 6 nitrogen and oxygen atoms in total. The maximum atomic E-state index is 8.77. The fourth-order valence-corrected chi connectivity index (χ4v) is 0. The van der Waals surface area contributed by atoms with Gasteiger partial charge in [-0.2, -0.15) is 0 Å². The first-order valence-corrected chi connectivity index (χ1v) is 7.17. The van der Waals surface area contributed by atoms with Gasteiger partial charge in [0.2, 0.25) is 0 Å².